The van der Waals surface area contributed by atoms with Crippen LogP contribution in [-0.4, -0.2) is 187 Å². The Morgan fingerprint density at radius 3 is 1.80 bits per heavy atom. The molecule has 0 spiro atoms. The highest BCUT2D eigenvalue weighted by Gasteiger charge is 2.45. The molecule has 18 atom stereocenters. The van der Waals surface area contributed by atoms with E-state index in [0.717, 1.165) is 0 Å². The summed E-state index contributed by atoms with van der Waals surface area (Å²) in [5.74, 6) is -2.09. The van der Waals surface area contributed by atoms with Crippen molar-refractivity contribution in [3.63, 3.8) is 0 Å². The topological polar surface area (TPSA) is 301 Å². The van der Waals surface area contributed by atoms with Gasteiger partial charge in [0.25, 0.3) is 0 Å². The SMILES string of the molecule is CC[C@H](C)[C@H](C[C@H](O)CC(=O)OC[C@H](O)[C@H](CO)O[C@@H]1OC[C@H](O[C@H](C)[C@@H](C)O)[C@@H](O)[C@H]1O)OC(=O)C[C@@H](O)C[C@H](O[C@@H]1O[C@@H](CO)[C@H](O)[C@H]1O)[C@@H](C)CC. The summed E-state index contributed by atoms with van der Waals surface area (Å²) in [7, 11) is 0. The number of hydrogen-bond acceptors (Lipinski definition) is 19. The summed E-state index contributed by atoms with van der Waals surface area (Å²) in [5, 5.41) is 102. The molecule has 0 aliphatic carbocycles. The molecule has 0 saturated carbocycles. The zero-order valence-electron chi connectivity index (χ0n) is 32.6. The van der Waals surface area contributed by atoms with Crippen molar-refractivity contribution in [2.45, 2.75) is 178 Å². The van der Waals surface area contributed by atoms with Gasteiger partial charge in [-0.1, -0.05) is 40.5 Å². The molecule has 2 aliphatic heterocycles. The molecule has 0 amide bonds. The summed E-state index contributed by atoms with van der Waals surface area (Å²) < 4.78 is 38.4. The van der Waals surface area contributed by atoms with Gasteiger partial charge in [-0.25, -0.2) is 0 Å². The van der Waals surface area contributed by atoms with E-state index in [4.69, 9.17) is 33.2 Å². The second-order valence-corrected chi connectivity index (χ2v) is 14.8. The number of carbonyl (C=O) groups excluding carboxylic acids is 2. The number of hydrogen-bond donors (Lipinski definition) is 10. The van der Waals surface area contributed by atoms with Crippen molar-refractivity contribution in [2.24, 2.45) is 11.8 Å². The molecule has 324 valence electrons. The van der Waals surface area contributed by atoms with E-state index in [1.165, 1.54) is 6.92 Å². The van der Waals surface area contributed by atoms with Crippen LogP contribution < -0.4 is 0 Å². The fraction of sp³-hybridized carbons (Fsp3) is 0.944. The van der Waals surface area contributed by atoms with Crippen molar-refractivity contribution in [2.75, 3.05) is 26.4 Å². The Balaban J connectivity index is 1.86. The zero-order chi connectivity index (χ0) is 41.6. The molecule has 2 aliphatic rings. The van der Waals surface area contributed by atoms with Gasteiger partial charge in [-0.2, -0.15) is 0 Å². The first-order chi connectivity index (χ1) is 25.9. The van der Waals surface area contributed by atoms with Crippen molar-refractivity contribution in [3.8, 4) is 0 Å². The predicted molar refractivity (Wildman–Crippen MR) is 189 cm³/mol. The molecule has 2 heterocycles. The van der Waals surface area contributed by atoms with Crippen molar-refractivity contribution in [1.82, 2.24) is 0 Å². The molecule has 2 fully saturated rings. The Morgan fingerprint density at radius 1 is 0.709 bits per heavy atom. The van der Waals surface area contributed by atoms with Crippen LogP contribution in [0.25, 0.3) is 0 Å². The lowest BCUT2D eigenvalue weighted by atomic mass is 9.94. The molecule has 19 heteroatoms. The maximum Gasteiger partial charge on any atom is 0.308 e. The molecule has 0 unspecified atom stereocenters. The van der Waals surface area contributed by atoms with Crippen LogP contribution in [0.15, 0.2) is 0 Å². The molecule has 2 rings (SSSR count). The number of aliphatic hydroxyl groups is 10. The lowest BCUT2D eigenvalue weighted by Gasteiger charge is -2.40. The standard InChI is InChI=1S/C36H66O19/c1-7-17(3)24(52-30(44)12-22(41)10-25(18(4)8-2)53-36-34(48)31(45)27(14-38)55-36)9-21(40)11-29(43)49-15-23(42)26(13-37)54-35-33(47)32(46)28(16-50-35)51-20(6)19(5)39/h17-28,31-42,45-48H,7-16H2,1-6H3/t17-,18-,19+,20+,21-,22-,23-,24-,25-,26-,27-,28-,31-,32+,33+,34+,35-,36+/m0/s1. The third-order valence-electron chi connectivity index (χ3n) is 10.3. The highest BCUT2D eigenvalue weighted by molar-refractivity contribution is 5.70. The van der Waals surface area contributed by atoms with Crippen molar-refractivity contribution in [1.29, 1.82) is 0 Å². The first-order valence-corrected chi connectivity index (χ1v) is 19.1. The lowest BCUT2D eigenvalue weighted by Crippen LogP contribution is -2.57. The van der Waals surface area contributed by atoms with Crippen LogP contribution in [0.2, 0.25) is 0 Å². The fourth-order valence-corrected chi connectivity index (χ4v) is 5.97. The van der Waals surface area contributed by atoms with Gasteiger partial charge in [-0.15, -0.1) is 0 Å². The van der Waals surface area contributed by atoms with Gasteiger partial charge in [0, 0.05) is 12.8 Å². The van der Waals surface area contributed by atoms with Crippen molar-refractivity contribution < 1.29 is 93.8 Å². The normalized spacial score (nSPS) is 31.3. The predicted octanol–water partition coefficient (Wildman–Crippen LogP) is -2.39. The number of ether oxygens (including phenoxy) is 7. The van der Waals surface area contributed by atoms with Gasteiger partial charge in [0.05, 0.1) is 63.2 Å². The molecule has 10 N–H and O–H groups in total. The number of aliphatic hydroxyl groups excluding tert-OH is 10. The molecule has 55 heavy (non-hydrogen) atoms. The third kappa shape index (κ3) is 15.6. The number of rotatable bonds is 25. The second-order valence-electron chi connectivity index (χ2n) is 14.8. The smallest absolute Gasteiger partial charge is 0.308 e. The fourth-order valence-electron chi connectivity index (χ4n) is 5.97. The summed E-state index contributed by atoms with van der Waals surface area (Å²) in [4.78, 5) is 25.5. The minimum Gasteiger partial charge on any atom is -0.463 e. The van der Waals surface area contributed by atoms with Gasteiger partial charge >= 0.3 is 11.9 Å². The number of carbonyl (C=O) groups is 2. The molecule has 0 aromatic rings. The first kappa shape index (κ1) is 49.5. The Kier molecular flexibility index (Phi) is 21.9. The van der Waals surface area contributed by atoms with Gasteiger partial charge in [0.15, 0.2) is 12.6 Å². The van der Waals surface area contributed by atoms with E-state index >= 15 is 0 Å². The van der Waals surface area contributed by atoms with Crippen LogP contribution in [0, 0.1) is 11.8 Å². The minimum atomic E-state index is -1.64. The summed E-state index contributed by atoms with van der Waals surface area (Å²) in [6.07, 6.45) is -19.3. The highest BCUT2D eigenvalue weighted by atomic mass is 16.7. The Hall–Kier alpha value is -1.66. The van der Waals surface area contributed by atoms with Crippen LogP contribution >= 0.6 is 0 Å². The summed E-state index contributed by atoms with van der Waals surface area (Å²) in [6.45, 7) is 8.22. The molecule has 2 saturated heterocycles. The van der Waals surface area contributed by atoms with E-state index in [0.29, 0.717) is 12.8 Å². The molecule has 0 aromatic carbocycles. The average Bonchev–Trinajstić information content (AvgIpc) is 3.41. The Labute approximate surface area is 322 Å². The molecular weight excluding hydrogens is 736 g/mol. The average molecular weight is 803 g/mol. The Morgan fingerprint density at radius 2 is 1.25 bits per heavy atom. The van der Waals surface area contributed by atoms with Gasteiger partial charge in [-0.05, 0) is 25.7 Å². The number of esters is 2. The maximum absolute atomic E-state index is 12.9. The molecule has 19 nitrogen and oxygen atoms in total. The molecule has 0 bridgehead atoms. The van der Waals surface area contributed by atoms with Crippen LogP contribution in [0.1, 0.15) is 80.1 Å². The summed E-state index contributed by atoms with van der Waals surface area (Å²) >= 11 is 0. The zero-order valence-corrected chi connectivity index (χ0v) is 32.6. The van der Waals surface area contributed by atoms with E-state index in [-0.39, 0.29) is 31.3 Å². The first-order valence-electron chi connectivity index (χ1n) is 19.1. The summed E-state index contributed by atoms with van der Waals surface area (Å²) in [5.41, 5.74) is 0. The van der Waals surface area contributed by atoms with E-state index < -0.39 is 143 Å². The lowest BCUT2D eigenvalue weighted by molar-refractivity contribution is -0.303. The molecular formula is C36H66O19. The second kappa shape index (κ2) is 24.3. The van der Waals surface area contributed by atoms with Crippen molar-refractivity contribution >= 4 is 11.9 Å². The van der Waals surface area contributed by atoms with Gasteiger partial charge in [-0.3, -0.25) is 9.59 Å². The van der Waals surface area contributed by atoms with Crippen molar-refractivity contribution in [3.05, 3.63) is 0 Å². The molecule has 0 radical (unpaired) electrons. The van der Waals surface area contributed by atoms with Gasteiger partial charge < -0.3 is 84.2 Å². The maximum atomic E-state index is 12.9. The van der Waals surface area contributed by atoms with E-state index in [1.807, 2.05) is 20.8 Å². The minimum absolute atomic E-state index is 0.0388. The van der Waals surface area contributed by atoms with Crippen LogP contribution in [0.5, 0.6) is 0 Å². The quantitative estimate of drug-likeness (QED) is 0.0431. The monoisotopic (exact) mass is 802 g/mol. The van der Waals surface area contributed by atoms with E-state index in [9.17, 15) is 60.7 Å². The van der Waals surface area contributed by atoms with Crippen LogP contribution in [0.3, 0.4) is 0 Å². The third-order valence-corrected chi connectivity index (χ3v) is 10.3. The van der Waals surface area contributed by atoms with E-state index in [1.54, 1.807) is 13.8 Å². The van der Waals surface area contributed by atoms with Crippen LogP contribution in [-0.2, 0) is 42.7 Å². The van der Waals surface area contributed by atoms with Gasteiger partial charge in [0.2, 0.25) is 0 Å². The summed E-state index contributed by atoms with van der Waals surface area (Å²) in [6, 6.07) is 0. The van der Waals surface area contributed by atoms with E-state index in [2.05, 4.69) is 0 Å². The largest absolute Gasteiger partial charge is 0.463 e. The highest BCUT2D eigenvalue weighted by Crippen LogP contribution is 2.28. The van der Waals surface area contributed by atoms with Gasteiger partial charge in [0.1, 0.15) is 61.5 Å². The Bertz CT molecular complexity index is 1100. The molecule has 0 aromatic heterocycles. The van der Waals surface area contributed by atoms with Crippen LogP contribution in [0.4, 0.5) is 0 Å².